The summed E-state index contributed by atoms with van der Waals surface area (Å²) in [5.41, 5.74) is -0.568. The summed E-state index contributed by atoms with van der Waals surface area (Å²) in [7, 11) is 1.58. The minimum atomic E-state index is -4.49. The van der Waals surface area contributed by atoms with Crippen LogP contribution in [0.5, 0.6) is 0 Å². The van der Waals surface area contributed by atoms with Gasteiger partial charge in [-0.15, -0.1) is 0 Å². The van der Waals surface area contributed by atoms with Crippen molar-refractivity contribution in [3.8, 4) is 11.4 Å². The van der Waals surface area contributed by atoms with E-state index in [9.17, 15) is 18.0 Å². The molecule has 18 heavy (non-hydrogen) atoms. The van der Waals surface area contributed by atoms with E-state index in [0.717, 1.165) is 0 Å². The molecule has 0 aromatic carbocycles. The molecule has 0 saturated carbocycles. The Bertz CT molecular complexity index is 574. The van der Waals surface area contributed by atoms with Crippen LogP contribution in [0, 0.1) is 0 Å². The van der Waals surface area contributed by atoms with Crippen molar-refractivity contribution in [2.24, 2.45) is 7.05 Å². The van der Waals surface area contributed by atoms with Gasteiger partial charge in [0, 0.05) is 25.6 Å². The van der Waals surface area contributed by atoms with Crippen LogP contribution in [0.4, 0.5) is 13.2 Å². The Balaban J connectivity index is 2.43. The van der Waals surface area contributed by atoms with Crippen LogP contribution in [0.25, 0.3) is 11.4 Å². The zero-order valence-electron chi connectivity index (χ0n) is 9.14. The van der Waals surface area contributed by atoms with Gasteiger partial charge in [-0.05, 0) is 0 Å². The molecule has 0 aliphatic rings. The predicted molar refractivity (Wildman–Crippen MR) is 54.6 cm³/mol. The summed E-state index contributed by atoms with van der Waals surface area (Å²) in [5.74, 6) is 0.0261. The van der Waals surface area contributed by atoms with Gasteiger partial charge in [-0.1, -0.05) is 0 Å². The second-order valence-corrected chi connectivity index (χ2v) is 3.51. The van der Waals surface area contributed by atoms with Gasteiger partial charge in [0.05, 0.1) is 11.1 Å². The lowest BCUT2D eigenvalue weighted by Gasteiger charge is -2.05. The van der Waals surface area contributed by atoms with Crippen LogP contribution in [0.1, 0.15) is 16.1 Å². The molecule has 8 heteroatoms. The smallest absolute Gasteiger partial charge is 0.296 e. The van der Waals surface area contributed by atoms with Crippen molar-refractivity contribution in [2.45, 2.75) is 6.18 Å². The number of nitrogens with zero attached hydrogens (tertiary/aromatic N) is 4. The molecule has 94 valence electrons. The zero-order valence-corrected chi connectivity index (χ0v) is 9.14. The van der Waals surface area contributed by atoms with E-state index >= 15 is 0 Å². The standard InChI is InChI=1S/C10H7F3N4O/c1-17-4-7(8(5-18)16-17)9-14-2-6(3-15-9)10(11,12)13/h2-5H,1H3. The SMILES string of the molecule is Cn1cc(-c2ncc(C(F)(F)F)cn2)c(C=O)n1. The molecule has 0 atom stereocenters. The van der Waals surface area contributed by atoms with E-state index in [-0.39, 0.29) is 11.5 Å². The van der Waals surface area contributed by atoms with Crippen molar-refractivity contribution in [3.05, 3.63) is 29.8 Å². The molecule has 0 bridgehead atoms. The molecule has 0 unspecified atom stereocenters. The molecule has 5 nitrogen and oxygen atoms in total. The molecule has 0 N–H and O–H groups in total. The fourth-order valence-electron chi connectivity index (χ4n) is 1.38. The Kier molecular flexibility index (Phi) is 2.85. The van der Waals surface area contributed by atoms with E-state index in [1.54, 1.807) is 7.05 Å². The Morgan fingerprint density at radius 2 is 1.89 bits per heavy atom. The first-order valence-corrected chi connectivity index (χ1v) is 4.80. The zero-order chi connectivity index (χ0) is 13.3. The summed E-state index contributed by atoms with van der Waals surface area (Å²) in [4.78, 5) is 17.9. The van der Waals surface area contributed by atoms with Gasteiger partial charge in [0.1, 0.15) is 5.69 Å². The number of carbonyl (C=O) groups is 1. The highest BCUT2D eigenvalue weighted by Gasteiger charge is 2.31. The van der Waals surface area contributed by atoms with Crippen molar-refractivity contribution >= 4 is 6.29 Å². The number of hydrogen-bond donors (Lipinski definition) is 0. The third-order valence-corrected chi connectivity index (χ3v) is 2.19. The highest BCUT2D eigenvalue weighted by atomic mass is 19.4. The summed E-state index contributed by atoms with van der Waals surface area (Å²) in [6, 6.07) is 0. The molecule has 2 aromatic heterocycles. The van der Waals surface area contributed by atoms with Gasteiger partial charge >= 0.3 is 6.18 Å². The average molecular weight is 256 g/mol. The number of halogens is 3. The maximum atomic E-state index is 12.3. The molecule has 2 aromatic rings. The monoisotopic (exact) mass is 256 g/mol. The molecule has 0 aliphatic carbocycles. The lowest BCUT2D eigenvalue weighted by atomic mass is 10.2. The first kappa shape index (κ1) is 12.2. The molecule has 0 spiro atoms. The van der Waals surface area contributed by atoms with Crippen LogP contribution in [-0.2, 0) is 13.2 Å². The predicted octanol–water partition coefficient (Wildman–Crippen LogP) is 1.71. The summed E-state index contributed by atoms with van der Waals surface area (Å²) in [6.07, 6.45) is -1.18. The van der Waals surface area contributed by atoms with E-state index in [0.29, 0.717) is 24.2 Å². The molecular weight excluding hydrogens is 249 g/mol. The van der Waals surface area contributed by atoms with Crippen LogP contribution < -0.4 is 0 Å². The first-order valence-electron chi connectivity index (χ1n) is 4.80. The first-order chi connectivity index (χ1) is 8.41. The Hall–Kier alpha value is -2.25. The van der Waals surface area contributed by atoms with Gasteiger partial charge in [0.2, 0.25) is 0 Å². The van der Waals surface area contributed by atoms with Crippen LogP contribution in [-0.4, -0.2) is 26.0 Å². The highest BCUT2D eigenvalue weighted by molar-refractivity contribution is 5.82. The van der Waals surface area contributed by atoms with Gasteiger partial charge in [-0.3, -0.25) is 9.48 Å². The molecule has 0 amide bonds. The van der Waals surface area contributed by atoms with Crippen LogP contribution in [0.2, 0.25) is 0 Å². The van der Waals surface area contributed by atoms with Crippen molar-refractivity contribution in [2.75, 3.05) is 0 Å². The van der Waals surface area contributed by atoms with Crippen LogP contribution in [0.15, 0.2) is 18.6 Å². The number of aryl methyl sites for hydroxylation is 1. The Morgan fingerprint density at radius 1 is 1.28 bits per heavy atom. The van der Waals surface area contributed by atoms with Gasteiger partial charge in [0.25, 0.3) is 0 Å². The second-order valence-electron chi connectivity index (χ2n) is 3.51. The summed E-state index contributed by atoms with van der Waals surface area (Å²) < 4.78 is 38.3. The minimum Gasteiger partial charge on any atom is -0.296 e. The number of carbonyl (C=O) groups excluding carboxylic acids is 1. The van der Waals surface area contributed by atoms with E-state index < -0.39 is 11.7 Å². The molecule has 0 aliphatic heterocycles. The van der Waals surface area contributed by atoms with Crippen molar-refractivity contribution < 1.29 is 18.0 Å². The third-order valence-electron chi connectivity index (χ3n) is 2.19. The van der Waals surface area contributed by atoms with Gasteiger partial charge in [-0.25, -0.2) is 9.97 Å². The van der Waals surface area contributed by atoms with Crippen LogP contribution >= 0.6 is 0 Å². The van der Waals surface area contributed by atoms with E-state index in [4.69, 9.17) is 0 Å². The quantitative estimate of drug-likeness (QED) is 0.767. The summed E-state index contributed by atoms with van der Waals surface area (Å²) >= 11 is 0. The fraction of sp³-hybridized carbons (Fsp3) is 0.200. The molecule has 2 rings (SSSR count). The molecule has 2 heterocycles. The summed E-state index contributed by atoms with van der Waals surface area (Å²) in [5, 5.41) is 3.82. The van der Waals surface area contributed by atoms with Gasteiger partial charge in [0.15, 0.2) is 12.1 Å². The van der Waals surface area contributed by atoms with Crippen molar-refractivity contribution in [3.63, 3.8) is 0 Å². The van der Waals surface area contributed by atoms with Gasteiger partial charge in [-0.2, -0.15) is 18.3 Å². The normalized spacial score (nSPS) is 11.6. The third kappa shape index (κ3) is 2.22. The average Bonchev–Trinajstić information content (AvgIpc) is 2.69. The van der Waals surface area contributed by atoms with E-state index in [1.165, 1.54) is 10.9 Å². The number of aromatic nitrogens is 4. The highest BCUT2D eigenvalue weighted by Crippen LogP contribution is 2.28. The maximum Gasteiger partial charge on any atom is 0.419 e. The van der Waals surface area contributed by atoms with Crippen molar-refractivity contribution in [1.29, 1.82) is 0 Å². The summed E-state index contributed by atoms with van der Waals surface area (Å²) in [6.45, 7) is 0. The topological polar surface area (TPSA) is 60.7 Å². The largest absolute Gasteiger partial charge is 0.419 e. The fourth-order valence-corrected chi connectivity index (χ4v) is 1.38. The molecule has 0 radical (unpaired) electrons. The van der Waals surface area contributed by atoms with Gasteiger partial charge < -0.3 is 0 Å². The maximum absolute atomic E-state index is 12.3. The minimum absolute atomic E-state index is 0.0261. The number of hydrogen-bond acceptors (Lipinski definition) is 4. The molecule has 0 saturated heterocycles. The van der Waals surface area contributed by atoms with E-state index in [2.05, 4.69) is 15.1 Å². The second kappa shape index (κ2) is 4.21. The Labute approximate surface area is 99.3 Å². The van der Waals surface area contributed by atoms with E-state index in [1.807, 2.05) is 0 Å². The molecule has 0 fully saturated rings. The molecular formula is C10H7F3N4O. The lowest BCUT2D eigenvalue weighted by molar-refractivity contribution is -0.138. The number of aldehydes is 1. The number of alkyl halides is 3. The number of rotatable bonds is 2. The Morgan fingerprint density at radius 3 is 2.39 bits per heavy atom. The van der Waals surface area contributed by atoms with Crippen LogP contribution in [0.3, 0.4) is 0 Å². The van der Waals surface area contributed by atoms with Crippen molar-refractivity contribution in [1.82, 2.24) is 19.7 Å². The lowest BCUT2D eigenvalue weighted by Crippen LogP contribution is -2.06.